The van der Waals surface area contributed by atoms with Crippen LogP contribution >= 0.6 is 11.6 Å². The molecule has 2 aromatic carbocycles. The molecule has 1 heterocycles. The fourth-order valence-corrected chi connectivity index (χ4v) is 2.98. The van der Waals surface area contributed by atoms with Crippen LogP contribution in [0.2, 0.25) is 5.02 Å². The summed E-state index contributed by atoms with van der Waals surface area (Å²) >= 11 is 5.92. The van der Waals surface area contributed by atoms with Crippen LogP contribution in [0.25, 0.3) is 5.69 Å². The van der Waals surface area contributed by atoms with Crippen LogP contribution in [-0.4, -0.2) is 29.3 Å². The number of rotatable bonds is 6. The van der Waals surface area contributed by atoms with Gasteiger partial charge in [-0.3, -0.25) is 9.59 Å². The van der Waals surface area contributed by atoms with Gasteiger partial charge in [0.15, 0.2) is 5.69 Å². The summed E-state index contributed by atoms with van der Waals surface area (Å²) < 4.78 is 6.85. The van der Waals surface area contributed by atoms with Gasteiger partial charge in [-0.05, 0) is 49.2 Å². The molecule has 1 aromatic heterocycles. The van der Waals surface area contributed by atoms with E-state index in [-0.39, 0.29) is 5.69 Å². The Hall–Kier alpha value is -3.12. The van der Waals surface area contributed by atoms with E-state index in [2.05, 4.69) is 10.4 Å². The predicted octanol–water partition coefficient (Wildman–Crippen LogP) is 3.18. The molecule has 3 rings (SSSR count). The molecule has 1 amide bonds. The van der Waals surface area contributed by atoms with Gasteiger partial charge in [0.25, 0.3) is 5.91 Å². The molecule has 0 bridgehead atoms. The Kier molecular flexibility index (Phi) is 6.11. The number of nitrogens with zero attached hydrogens (tertiary/aromatic N) is 2. The number of halogens is 1. The Balaban J connectivity index is 1.77. The predicted molar refractivity (Wildman–Crippen MR) is 109 cm³/mol. The third kappa shape index (κ3) is 4.40. The lowest BCUT2D eigenvalue weighted by molar-refractivity contribution is 0.0946. The number of hydrogen-bond acceptors (Lipinski definition) is 4. The Labute approximate surface area is 167 Å². The van der Waals surface area contributed by atoms with E-state index in [4.69, 9.17) is 16.3 Å². The van der Waals surface area contributed by atoms with E-state index in [0.717, 1.165) is 11.3 Å². The highest BCUT2D eigenvalue weighted by Crippen LogP contribution is 2.17. The fraction of sp³-hybridized carbons (Fsp3) is 0.190. The van der Waals surface area contributed by atoms with Gasteiger partial charge in [0.1, 0.15) is 5.75 Å². The topological polar surface area (TPSA) is 73.2 Å². The molecule has 0 saturated heterocycles. The van der Waals surface area contributed by atoms with Gasteiger partial charge in [0, 0.05) is 23.3 Å². The van der Waals surface area contributed by atoms with Crippen LogP contribution in [-0.2, 0) is 6.42 Å². The first kappa shape index (κ1) is 19.6. The molecule has 0 aliphatic rings. The maximum Gasteiger partial charge on any atom is 0.275 e. The second kappa shape index (κ2) is 8.71. The van der Waals surface area contributed by atoms with E-state index < -0.39 is 11.3 Å². The quantitative estimate of drug-likeness (QED) is 0.693. The summed E-state index contributed by atoms with van der Waals surface area (Å²) in [5, 5.41) is 7.61. The molecular weight excluding hydrogens is 378 g/mol. The number of benzene rings is 2. The summed E-state index contributed by atoms with van der Waals surface area (Å²) in [7, 11) is 1.60. The van der Waals surface area contributed by atoms with Crippen LogP contribution in [0, 0.1) is 6.92 Å². The van der Waals surface area contributed by atoms with Crippen molar-refractivity contribution in [3.8, 4) is 11.4 Å². The summed E-state index contributed by atoms with van der Waals surface area (Å²) in [5.41, 5.74) is 1.74. The maximum atomic E-state index is 12.5. The second-order valence-electron chi connectivity index (χ2n) is 6.20. The minimum atomic E-state index is -0.511. The number of para-hydroxylation sites is 1. The number of nitrogens with one attached hydrogen (secondary N) is 1. The summed E-state index contributed by atoms with van der Waals surface area (Å²) in [4.78, 5) is 24.8. The van der Waals surface area contributed by atoms with Crippen LogP contribution in [0.15, 0.2) is 59.4 Å². The monoisotopic (exact) mass is 397 g/mol. The van der Waals surface area contributed by atoms with Crippen molar-refractivity contribution in [2.75, 3.05) is 13.7 Å². The third-order valence-corrected chi connectivity index (χ3v) is 4.52. The maximum absolute atomic E-state index is 12.5. The molecule has 0 unspecified atom stereocenters. The van der Waals surface area contributed by atoms with E-state index in [1.54, 1.807) is 43.0 Å². The first-order valence-electron chi connectivity index (χ1n) is 8.76. The summed E-state index contributed by atoms with van der Waals surface area (Å²) in [6.45, 7) is 2.11. The lowest BCUT2D eigenvalue weighted by Gasteiger charge is -2.12. The third-order valence-electron chi connectivity index (χ3n) is 4.27. The summed E-state index contributed by atoms with van der Waals surface area (Å²) in [6, 6.07) is 16.0. The molecule has 0 radical (unpaired) electrons. The van der Waals surface area contributed by atoms with Crippen LogP contribution in [0.1, 0.15) is 21.7 Å². The molecule has 6 nitrogen and oxygen atoms in total. The van der Waals surface area contributed by atoms with Crippen LogP contribution in [0.5, 0.6) is 5.75 Å². The second-order valence-corrected chi connectivity index (χ2v) is 6.64. The smallest absolute Gasteiger partial charge is 0.275 e. The van der Waals surface area contributed by atoms with Gasteiger partial charge >= 0.3 is 0 Å². The lowest BCUT2D eigenvalue weighted by atomic mass is 10.1. The van der Waals surface area contributed by atoms with Crippen molar-refractivity contribution in [1.29, 1.82) is 0 Å². The number of amides is 1. The fourth-order valence-electron chi connectivity index (χ4n) is 2.85. The van der Waals surface area contributed by atoms with Gasteiger partial charge in [0.2, 0.25) is 5.43 Å². The molecule has 28 heavy (non-hydrogen) atoms. The Bertz CT molecular complexity index is 1050. The van der Waals surface area contributed by atoms with E-state index >= 15 is 0 Å². The first-order valence-corrected chi connectivity index (χ1v) is 9.14. The highest BCUT2D eigenvalue weighted by atomic mass is 35.5. The molecule has 0 fully saturated rings. The minimum absolute atomic E-state index is 0.152. The van der Waals surface area contributed by atoms with Crippen LogP contribution in [0.3, 0.4) is 0 Å². The van der Waals surface area contributed by atoms with Crippen molar-refractivity contribution in [3.63, 3.8) is 0 Å². The van der Waals surface area contributed by atoms with E-state index in [9.17, 15) is 9.59 Å². The van der Waals surface area contributed by atoms with Crippen LogP contribution in [0.4, 0.5) is 0 Å². The summed E-state index contributed by atoms with van der Waals surface area (Å²) in [6.07, 6.45) is 0.576. The molecule has 0 aliphatic carbocycles. The molecule has 0 atom stereocenters. The zero-order valence-corrected chi connectivity index (χ0v) is 16.4. The standard InChI is InChI=1S/C21H20ClN3O3/c1-14-13-18(26)20(24-25(14)17-9-7-16(22)8-10-17)21(27)23-12-11-15-5-3-4-6-19(15)28-2/h3-10,13H,11-12H2,1-2H3,(H,23,27). The normalized spacial score (nSPS) is 10.5. The van der Waals surface area contributed by atoms with Gasteiger partial charge < -0.3 is 10.1 Å². The molecular formula is C21H20ClN3O3. The van der Waals surface area contributed by atoms with Crippen molar-refractivity contribution < 1.29 is 9.53 Å². The Morgan fingerprint density at radius 1 is 1.18 bits per heavy atom. The highest BCUT2D eigenvalue weighted by Gasteiger charge is 2.15. The van der Waals surface area contributed by atoms with Crippen LogP contribution < -0.4 is 15.5 Å². The van der Waals surface area contributed by atoms with Gasteiger partial charge in [-0.1, -0.05) is 29.8 Å². The van der Waals surface area contributed by atoms with Crippen molar-refractivity contribution in [1.82, 2.24) is 15.1 Å². The molecule has 0 spiro atoms. The lowest BCUT2D eigenvalue weighted by Crippen LogP contribution is -2.33. The van der Waals surface area contributed by atoms with E-state index in [1.807, 2.05) is 24.3 Å². The summed E-state index contributed by atoms with van der Waals surface area (Å²) in [5.74, 6) is 0.248. The van der Waals surface area contributed by atoms with Gasteiger partial charge in [-0.2, -0.15) is 5.10 Å². The number of aromatic nitrogens is 2. The Morgan fingerprint density at radius 3 is 2.61 bits per heavy atom. The first-order chi connectivity index (χ1) is 13.5. The number of aryl methyl sites for hydroxylation is 1. The largest absolute Gasteiger partial charge is 0.496 e. The molecule has 3 aromatic rings. The van der Waals surface area contributed by atoms with E-state index in [1.165, 1.54) is 6.07 Å². The van der Waals surface area contributed by atoms with Crippen molar-refractivity contribution >= 4 is 17.5 Å². The number of methoxy groups -OCH3 is 1. The molecule has 0 saturated carbocycles. The minimum Gasteiger partial charge on any atom is -0.496 e. The van der Waals surface area contributed by atoms with Crippen molar-refractivity contribution in [2.45, 2.75) is 13.3 Å². The van der Waals surface area contributed by atoms with Crippen molar-refractivity contribution in [3.05, 3.63) is 86.8 Å². The zero-order chi connectivity index (χ0) is 20.1. The zero-order valence-electron chi connectivity index (χ0n) is 15.6. The number of ether oxygens (including phenoxy) is 1. The molecule has 1 N–H and O–H groups in total. The highest BCUT2D eigenvalue weighted by molar-refractivity contribution is 6.30. The number of carbonyl (C=O) groups is 1. The average Bonchev–Trinajstić information content (AvgIpc) is 2.69. The number of hydrogen-bond donors (Lipinski definition) is 1. The van der Waals surface area contributed by atoms with Gasteiger partial charge in [-0.25, -0.2) is 4.68 Å². The average molecular weight is 398 g/mol. The van der Waals surface area contributed by atoms with Gasteiger partial charge in [0.05, 0.1) is 12.8 Å². The Morgan fingerprint density at radius 2 is 1.89 bits per heavy atom. The molecule has 144 valence electrons. The van der Waals surface area contributed by atoms with Gasteiger partial charge in [-0.15, -0.1) is 0 Å². The SMILES string of the molecule is COc1ccccc1CCNC(=O)c1nn(-c2ccc(Cl)cc2)c(C)cc1=O. The van der Waals surface area contributed by atoms with E-state index in [0.29, 0.717) is 29.4 Å². The van der Waals surface area contributed by atoms with Crippen molar-refractivity contribution in [2.24, 2.45) is 0 Å². The molecule has 7 heteroatoms. The number of carbonyl (C=O) groups excluding carboxylic acids is 1. The molecule has 0 aliphatic heterocycles.